The van der Waals surface area contributed by atoms with Gasteiger partial charge in [-0.2, -0.15) is 13.2 Å². The Balaban J connectivity index is 2.25. The first kappa shape index (κ1) is 15.6. The number of methoxy groups -OCH3 is 1. The molecule has 2 atom stereocenters. The number of halogens is 3. The first-order chi connectivity index (χ1) is 9.82. The predicted molar refractivity (Wildman–Crippen MR) is 72.1 cm³/mol. The van der Waals surface area contributed by atoms with Gasteiger partial charge in [-0.3, -0.25) is 4.79 Å². The molecule has 7 heteroatoms. The first-order valence-electron chi connectivity index (χ1n) is 6.59. The van der Waals surface area contributed by atoms with E-state index in [-0.39, 0.29) is 23.3 Å². The van der Waals surface area contributed by atoms with Gasteiger partial charge in [0.05, 0.1) is 24.3 Å². The summed E-state index contributed by atoms with van der Waals surface area (Å²) in [7, 11) is 1.29. The molecule has 4 nitrogen and oxygen atoms in total. The van der Waals surface area contributed by atoms with Gasteiger partial charge >= 0.3 is 6.18 Å². The maximum Gasteiger partial charge on any atom is 0.418 e. The Morgan fingerprint density at radius 3 is 2.62 bits per heavy atom. The summed E-state index contributed by atoms with van der Waals surface area (Å²) in [5, 5.41) is 5.44. The summed E-state index contributed by atoms with van der Waals surface area (Å²) in [5.41, 5.74) is -1.15. The summed E-state index contributed by atoms with van der Waals surface area (Å²) in [5.74, 6) is -0.537. The van der Waals surface area contributed by atoms with Gasteiger partial charge in [-0.15, -0.1) is 0 Å². The quantitative estimate of drug-likeness (QED) is 0.902. The van der Waals surface area contributed by atoms with Crippen molar-refractivity contribution in [2.45, 2.75) is 13.1 Å². The number of nitrogens with one attached hydrogen (secondary N) is 2. The molecule has 2 rings (SSSR count). The maximum atomic E-state index is 13.0. The third-order valence-electron chi connectivity index (χ3n) is 3.64. The second kappa shape index (κ2) is 5.93. The van der Waals surface area contributed by atoms with Crippen LogP contribution < -0.4 is 15.4 Å². The molecule has 1 aliphatic heterocycles. The first-order valence-corrected chi connectivity index (χ1v) is 6.59. The van der Waals surface area contributed by atoms with Gasteiger partial charge in [0.25, 0.3) is 0 Å². The largest absolute Gasteiger partial charge is 0.497 e. The van der Waals surface area contributed by atoms with Gasteiger partial charge in [-0.25, -0.2) is 0 Å². The van der Waals surface area contributed by atoms with Crippen molar-refractivity contribution < 1.29 is 22.7 Å². The molecule has 21 heavy (non-hydrogen) atoms. The third kappa shape index (κ3) is 3.47. The van der Waals surface area contributed by atoms with E-state index in [9.17, 15) is 18.0 Å². The van der Waals surface area contributed by atoms with Crippen LogP contribution in [0.3, 0.4) is 0 Å². The van der Waals surface area contributed by atoms with Gasteiger partial charge in [0.2, 0.25) is 5.91 Å². The van der Waals surface area contributed by atoms with Crippen LogP contribution in [0.5, 0.6) is 5.75 Å². The number of anilines is 1. The molecule has 0 aromatic heterocycles. The summed E-state index contributed by atoms with van der Waals surface area (Å²) in [6.07, 6.45) is -4.56. The van der Waals surface area contributed by atoms with E-state index in [4.69, 9.17) is 4.74 Å². The summed E-state index contributed by atoms with van der Waals surface area (Å²) < 4.78 is 44.0. The number of benzene rings is 1. The normalized spacial score (nSPS) is 22.1. The van der Waals surface area contributed by atoms with Crippen LogP contribution in [-0.2, 0) is 11.0 Å². The lowest BCUT2D eigenvalue weighted by molar-refractivity contribution is -0.137. The Kier molecular flexibility index (Phi) is 4.41. The van der Waals surface area contributed by atoms with Gasteiger partial charge in [0.1, 0.15) is 5.75 Å². The van der Waals surface area contributed by atoms with Gasteiger partial charge in [0.15, 0.2) is 0 Å². The van der Waals surface area contributed by atoms with E-state index in [1.54, 1.807) is 0 Å². The lowest BCUT2D eigenvalue weighted by Gasteiger charge is -2.18. The fourth-order valence-corrected chi connectivity index (χ4v) is 2.38. The van der Waals surface area contributed by atoms with Crippen LogP contribution in [0.15, 0.2) is 18.2 Å². The van der Waals surface area contributed by atoms with Crippen molar-refractivity contribution in [3.05, 3.63) is 23.8 Å². The Morgan fingerprint density at radius 2 is 2.10 bits per heavy atom. The molecule has 1 heterocycles. The second-order valence-corrected chi connectivity index (χ2v) is 5.14. The van der Waals surface area contributed by atoms with Gasteiger partial charge in [0, 0.05) is 6.54 Å². The van der Waals surface area contributed by atoms with Crippen LogP contribution in [0, 0.1) is 11.8 Å². The molecule has 0 aliphatic carbocycles. The average Bonchev–Trinajstić information content (AvgIpc) is 2.84. The minimum atomic E-state index is -4.56. The highest BCUT2D eigenvalue weighted by molar-refractivity contribution is 5.94. The van der Waals surface area contributed by atoms with Gasteiger partial charge in [-0.05, 0) is 30.7 Å². The summed E-state index contributed by atoms with van der Waals surface area (Å²) >= 11 is 0. The van der Waals surface area contributed by atoms with Crippen molar-refractivity contribution in [2.75, 3.05) is 25.5 Å². The molecular weight excluding hydrogens is 285 g/mol. The number of rotatable bonds is 3. The summed E-state index contributed by atoms with van der Waals surface area (Å²) in [6.45, 7) is 3.06. The van der Waals surface area contributed by atoms with Crippen LogP contribution in [0.4, 0.5) is 18.9 Å². The smallest absolute Gasteiger partial charge is 0.418 e. The maximum absolute atomic E-state index is 13.0. The van der Waals surface area contributed by atoms with Crippen molar-refractivity contribution in [3.63, 3.8) is 0 Å². The van der Waals surface area contributed by atoms with Crippen molar-refractivity contribution in [1.29, 1.82) is 0 Å². The fraction of sp³-hybridized carbons (Fsp3) is 0.500. The molecule has 0 bridgehead atoms. The molecule has 1 aromatic rings. The topological polar surface area (TPSA) is 50.4 Å². The molecule has 1 fully saturated rings. The zero-order chi connectivity index (χ0) is 15.6. The van der Waals surface area contributed by atoms with Crippen LogP contribution >= 0.6 is 0 Å². The van der Waals surface area contributed by atoms with Crippen LogP contribution in [0.25, 0.3) is 0 Å². The number of amides is 1. The lowest BCUT2D eigenvalue weighted by Crippen LogP contribution is -2.28. The highest BCUT2D eigenvalue weighted by atomic mass is 19.4. The number of alkyl halides is 3. The predicted octanol–water partition coefficient (Wildman–Crippen LogP) is 2.51. The zero-order valence-corrected chi connectivity index (χ0v) is 11.8. The molecule has 1 aromatic carbocycles. The second-order valence-electron chi connectivity index (χ2n) is 5.14. The van der Waals surface area contributed by atoms with E-state index < -0.39 is 17.6 Å². The summed E-state index contributed by atoms with van der Waals surface area (Å²) in [4.78, 5) is 12.1. The van der Waals surface area contributed by atoms with Crippen molar-refractivity contribution in [3.8, 4) is 5.75 Å². The minimum Gasteiger partial charge on any atom is -0.497 e. The number of hydrogen-bond donors (Lipinski definition) is 2. The number of ether oxygens (including phenoxy) is 1. The van der Waals surface area contributed by atoms with E-state index in [1.807, 2.05) is 6.92 Å². The molecule has 1 amide bonds. The average molecular weight is 302 g/mol. The summed E-state index contributed by atoms with van der Waals surface area (Å²) in [6, 6.07) is 3.49. The van der Waals surface area contributed by atoms with Crippen LogP contribution in [0.2, 0.25) is 0 Å². The lowest BCUT2D eigenvalue weighted by atomic mass is 9.97. The molecule has 2 N–H and O–H groups in total. The highest BCUT2D eigenvalue weighted by Gasteiger charge is 2.36. The molecular formula is C14H17F3N2O2. The van der Waals surface area contributed by atoms with E-state index in [2.05, 4.69) is 10.6 Å². The van der Waals surface area contributed by atoms with E-state index in [0.29, 0.717) is 13.1 Å². The van der Waals surface area contributed by atoms with E-state index >= 15 is 0 Å². The molecule has 1 saturated heterocycles. The van der Waals surface area contributed by atoms with E-state index in [1.165, 1.54) is 19.2 Å². The Labute approximate surface area is 120 Å². The standard InChI is InChI=1S/C14H17F3N2O2/c1-8-6-18-7-10(8)13(20)19-12-4-3-9(21-2)5-11(12)14(15,16)17/h3-5,8,10,18H,6-7H2,1-2H3,(H,19,20). The monoisotopic (exact) mass is 302 g/mol. The van der Waals surface area contributed by atoms with Crippen molar-refractivity contribution in [1.82, 2.24) is 5.32 Å². The SMILES string of the molecule is COc1ccc(NC(=O)C2CNCC2C)c(C(F)(F)F)c1. The Hall–Kier alpha value is -1.76. The fourth-order valence-electron chi connectivity index (χ4n) is 2.38. The number of hydrogen-bond acceptors (Lipinski definition) is 3. The van der Waals surface area contributed by atoms with E-state index in [0.717, 1.165) is 6.07 Å². The van der Waals surface area contributed by atoms with Crippen LogP contribution in [0.1, 0.15) is 12.5 Å². The van der Waals surface area contributed by atoms with Gasteiger partial charge in [-0.1, -0.05) is 6.92 Å². The number of carbonyl (C=O) groups is 1. The molecule has 0 spiro atoms. The molecule has 2 unspecified atom stereocenters. The number of carbonyl (C=O) groups excluding carboxylic acids is 1. The van der Waals surface area contributed by atoms with Crippen LogP contribution in [-0.4, -0.2) is 26.1 Å². The molecule has 0 radical (unpaired) electrons. The molecule has 0 saturated carbocycles. The minimum absolute atomic E-state index is 0.0937. The third-order valence-corrected chi connectivity index (χ3v) is 3.64. The zero-order valence-electron chi connectivity index (χ0n) is 11.8. The molecule has 116 valence electrons. The Bertz CT molecular complexity index is 531. The highest BCUT2D eigenvalue weighted by Crippen LogP contribution is 2.37. The Morgan fingerprint density at radius 1 is 1.38 bits per heavy atom. The molecule has 1 aliphatic rings. The van der Waals surface area contributed by atoms with Crippen molar-refractivity contribution >= 4 is 11.6 Å². The van der Waals surface area contributed by atoms with Gasteiger partial charge < -0.3 is 15.4 Å². The van der Waals surface area contributed by atoms with Crippen molar-refractivity contribution in [2.24, 2.45) is 11.8 Å².